The van der Waals surface area contributed by atoms with Crippen LogP contribution in [0.5, 0.6) is 5.75 Å². The highest BCUT2D eigenvalue weighted by Gasteiger charge is 2.13. The number of nitriles is 1. The van der Waals surface area contributed by atoms with Gasteiger partial charge in [-0.15, -0.1) is 0 Å². The molecule has 1 rings (SSSR count). The van der Waals surface area contributed by atoms with Gasteiger partial charge in [-0.25, -0.2) is 0 Å². The number of carbonyl (C=O) groups is 1. The molecular weight excluding hydrogens is 242 g/mol. The first kappa shape index (κ1) is 13.3. The Morgan fingerprint density at radius 1 is 1.53 bits per heavy atom. The molecule has 0 aliphatic carbocycles. The zero-order valence-corrected chi connectivity index (χ0v) is 10.4. The highest BCUT2D eigenvalue weighted by Crippen LogP contribution is 2.26. The van der Waals surface area contributed by atoms with E-state index in [-0.39, 0.29) is 17.0 Å². The first-order valence-corrected chi connectivity index (χ1v) is 5.42. The number of hydrogen-bond acceptors (Lipinski definition) is 4. The van der Waals surface area contributed by atoms with E-state index < -0.39 is 5.97 Å². The molecule has 0 aliphatic heterocycles. The average Bonchev–Trinajstić information content (AvgIpc) is 2.28. The molecule has 0 N–H and O–H groups in total. The first-order chi connectivity index (χ1) is 8.12. The molecule has 0 spiro atoms. The third kappa shape index (κ3) is 3.36. The highest BCUT2D eigenvalue weighted by atomic mass is 35.5. The second-order valence-electron chi connectivity index (χ2n) is 3.24. The minimum atomic E-state index is -0.395. The van der Waals surface area contributed by atoms with Crippen molar-refractivity contribution in [3.8, 4) is 11.8 Å². The minimum Gasteiger partial charge on any atom is -0.497 e. The molecule has 0 amide bonds. The van der Waals surface area contributed by atoms with Gasteiger partial charge in [-0.1, -0.05) is 11.6 Å². The average molecular weight is 254 g/mol. The number of halogens is 1. The Hall–Kier alpha value is -1.73. The van der Waals surface area contributed by atoms with Gasteiger partial charge in [0.2, 0.25) is 0 Å². The third-order valence-electron chi connectivity index (χ3n) is 2.13. The molecule has 0 fully saturated rings. The molecule has 4 nitrogen and oxygen atoms in total. The number of carbonyl (C=O) groups excluding carboxylic acids is 1. The van der Waals surface area contributed by atoms with Crippen LogP contribution >= 0.6 is 11.6 Å². The fraction of sp³-hybridized carbons (Fsp3) is 0.333. The van der Waals surface area contributed by atoms with Crippen molar-refractivity contribution in [1.82, 2.24) is 0 Å². The Labute approximate surface area is 105 Å². The topological polar surface area (TPSA) is 59.3 Å². The quantitative estimate of drug-likeness (QED) is 0.773. The summed E-state index contributed by atoms with van der Waals surface area (Å²) in [5, 5.41) is 9.25. The molecule has 0 atom stereocenters. The summed E-state index contributed by atoms with van der Waals surface area (Å²) in [4.78, 5) is 11.4. The Kier molecular flexibility index (Phi) is 4.80. The van der Waals surface area contributed by atoms with Gasteiger partial charge in [-0.3, -0.25) is 4.79 Å². The summed E-state index contributed by atoms with van der Waals surface area (Å²) in [6.45, 7) is 2.03. The van der Waals surface area contributed by atoms with Crippen molar-refractivity contribution < 1.29 is 14.3 Å². The molecule has 0 unspecified atom stereocenters. The number of nitrogens with zero attached hydrogens (tertiary/aromatic N) is 1. The second-order valence-corrected chi connectivity index (χ2v) is 3.64. The fourth-order valence-corrected chi connectivity index (χ4v) is 1.66. The number of esters is 1. The number of hydrogen-bond donors (Lipinski definition) is 0. The lowest BCUT2D eigenvalue weighted by Crippen LogP contribution is -2.09. The Bertz CT molecular complexity index is 466. The van der Waals surface area contributed by atoms with Gasteiger partial charge >= 0.3 is 5.97 Å². The van der Waals surface area contributed by atoms with Gasteiger partial charge in [0.15, 0.2) is 0 Å². The van der Waals surface area contributed by atoms with E-state index >= 15 is 0 Å². The van der Waals surface area contributed by atoms with E-state index in [1.165, 1.54) is 13.2 Å². The van der Waals surface area contributed by atoms with E-state index in [4.69, 9.17) is 26.3 Å². The molecule has 1 aromatic carbocycles. The SMILES string of the molecule is CCOC(=O)Cc1cc(OC)cc(Cl)c1C#N. The summed E-state index contributed by atoms with van der Waals surface area (Å²) < 4.78 is 9.86. The van der Waals surface area contributed by atoms with Gasteiger partial charge in [-0.05, 0) is 18.6 Å². The molecule has 0 bridgehead atoms. The summed E-state index contributed by atoms with van der Waals surface area (Å²) in [5.74, 6) is 0.113. The van der Waals surface area contributed by atoms with Crippen LogP contribution < -0.4 is 4.74 Å². The van der Waals surface area contributed by atoms with Crippen molar-refractivity contribution in [3.05, 3.63) is 28.3 Å². The van der Waals surface area contributed by atoms with Crippen LogP contribution in [0.1, 0.15) is 18.1 Å². The molecule has 0 heterocycles. The number of benzene rings is 1. The van der Waals surface area contributed by atoms with Gasteiger partial charge in [0, 0.05) is 6.07 Å². The molecule has 0 saturated carbocycles. The van der Waals surface area contributed by atoms with Gasteiger partial charge in [0.05, 0.1) is 30.7 Å². The van der Waals surface area contributed by atoms with Crippen LogP contribution in [0.15, 0.2) is 12.1 Å². The van der Waals surface area contributed by atoms with Crippen LogP contribution in [0, 0.1) is 11.3 Å². The Balaban J connectivity index is 3.08. The zero-order valence-electron chi connectivity index (χ0n) is 9.62. The van der Waals surface area contributed by atoms with Crippen molar-refractivity contribution in [3.63, 3.8) is 0 Å². The van der Waals surface area contributed by atoms with Crippen molar-refractivity contribution >= 4 is 17.6 Å². The second kappa shape index (κ2) is 6.12. The summed E-state index contributed by atoms with van der Waals surface area (Å²) in [6, 6.07) is 5.12. The monoisotopic (exact) mass is 253 g/mol. The molecule has 0 aromatic heterocycles. The minimum absolute atomic E-state index is 0.00759. The van der Waals surface area contributed by atoms with Crippen LogP contribution in [-0.2, 0) is 16.0 Å². The predicted molar refractivity (Wildman–Crippen MR) is 63.1 cm³/mol. The van der Waals surface area contributed by atoms with Crippen molar-refractivity contribution in [2.45, 2.75) is 13.3 Å². The lowest BCUT2D eigenvalue weighted by molar-refractivity contribution is -0.142. The first-order valence-electron chi connectivity index (χ1n) is 5.04. The van der Waals surface area contributed by atoms with Crippen molar-refractivity contribution in [2.75, 3.05) is 13.7 Å². The molecular formula is C12H12ClNO3. The summed E-state index contributed by atoms with van der Waals surface area (Å²) in [5.41, 5.74) is 0.788. The predicted octanol–water partition coefficient (Wildman–Crippen LogP) is 2.33. The van der Waals surface area contributed by atoms with Gasteiger partial charge in [0.25, 0.3) is 0 Å². The smallest absolute Gasteiger partial charge is 0.310 e. The third-order valence-corrected chi connectivity index (χ3v) is 2.43. The Morgan fingerprint density at radius 3 is 2.76 bits per heavy atom. The van der Waals surface area contributed by atoms with Crippen molar-refractivity contribution in [2.24, 2.45) is 0 Å². The molecule has 0 radical (unpaired) electrons. The molecule has 0 saturated heterocycles. The zero-order chi connectivity index (χ0) is 12.8. The maximum Gasteiger partial charge on any atom is 0.310 e. The van der Waals surface area contributed by atoms with Crippen LogP contribution in [0.3, 0.4) is 0 Å². The fourth-order valence-electron chi connectivity index (χ4n) is 1.39. The maximum absolute atomic E-state index is 11.4. The van der Waals surface area contributed by atoms with E-state index in [2.05, 4.69) is 0 Å². The molecule has 1 aromatic rings. The van der Waals surface area contributed by atoms with Crippen LogP contribution in [0.25, 0.3) is 0 Å². The molecule has 90 valence electrons. The normalized spacial score (nSPS) is 9.53. The summed E-state index contributed by atoms with van der Waals surface area (Å²) in [6.07, 6.45) is 0.00759. The standard InChI is InChI=1S/C12H12ClNO3/c1-3-17-12(15)5-8-4-9(16-2)6-11(13)10(8)7-14/h4,6H,3,5H2,1-2H3. The maximum atomic E-state index is 11.4. The summed E-state index contributed by atoms with van der Waals surface area (Å²) in [7, 11) is 1.49. The lowest BCUT2D eigenvalue weighted by Gasteiger charge is -2.08. The molecule has 5 heteroatoms. The molecule has 0 aliphatic rings. The number of ether oxygens (including phenoxy) is 2. The highest BCUT2D eigenvalue weighted by molar-refractivity contribution is 6.32. The van der Waals surface area contributed by atoms with Crippen molar-refractivity contribution in [1.29, 1.82) is 5.26 Å². The van der Waals surface area contributed by atoms with E-state index in [1.54, 1.807) is 13.0 Å². The van der Waals surface area contributed by atoms with Gasteiger partial charge < -0.3 is 9.47 Å². The molecule has 17 heavy (non-hydrogen) atoms. The van der Waals surface area contributed by atoms with E-state index in [0.717, 1.165) is 0 Å². The van der Waals surface area contributed by atoms with E-state index in [0.29, 0.717) is 17.9 Å². The van der Waals surface area contributed by atoms with Crippen LogP contribution in [-0.4, -0.2) is 19.7 Å². The Morgan fingerprint density at radius 2 is 2.24 bits per heavy atom. The van der Waals surface area contributed by atoms with E-state index in [1.807, 2.05) is 6.07 Å². The number of rotatable bonds is 4. The van der Waals surface area contributed by atoms with Gasteiger partial charge in [-0.2, -0.15) is 5.26 Å². The van der Waals surface area contributed by atoms with Crippen LogP contribution in [0.2, 0.25) is 5.02 Å². The van der Waals surface area contributed by atoms with Crippen LogP contribution in [0.4, 0.5) is 0 Å². The van der Waals surface area contributed by atoms with Gasteiger partial charge in [0.1, 0.15) is 11.8 Å². The largest absolute Gasteiger partial charge is 0.497 e. The summed E-state index contributed by atoms with van der Waals surface area (Å²) >= 11 is 5.92. The lowest BCUT2D eigenvalue weighted by atomic mass is 10.0. The number of methoxy groups -OCH3 is 1. The van der Waals surface area contributed by atoms with E-state index in [9.17, 15) is 4.79 Å².